The first-order chi connectivity index (χ1) is 10.3. The number of hydrogen-bond acceptors (Lipinski definition) is 4. The fourth-order valence-electron chi connectivity index (χ4n) is 3.26. The van der Waals surface area contributed by atoms with Crippen LogP contribution in [0.2, 0.25) is 0 Å². The number of rotatable bonds is 4. The Bertz CT molecular complexity index is 437. The SMILES string of the molecule is CNCc1ccc(SC2CCOC3(CCSCC3)C2)cc1. The minimum absolute atomic E-state index is 0.202. The van der Waals surface area contributed by atoms with E-state index in [0.29, 0.717) is 0 Å². The summed E-state index contributed by atoms with van der Waals surface area (Å²) in [6, 6.07) is 9.03. The molecule has 0 aromatic heterocycles. The lowest BCUT2D eigenvalue weighted by atomic mass is 9.88. The molecule has 2 fully saturated rings. The first-order valence-corrected chi connectivity index (χ1v) is 9.95. The Balaban J connectivity index is 1.59. The molecule has 21 heavy (non-hydrogen) atoms. The molecule has 1 N–H and O–H groups in total. The summed E-state index contributed by atoms with van der Waals surface area (Å²) in [5, 5.41) is 3.92. The van der Waals surface area contributed by atoms with Crippen LogP contribution in [0, 0.1) is 0 Å². The highest BCUT2D eigenvalue weighted by atomic mass is 32.2. The number of thioether (sulfide) groups is 2. The van der Waals surface area contributed by atoms with Gasteiger partial charge in [-0.1, -0.05) is 12.1 Å². The van der Waals surface area contributed by atoms with Crippen molar-refractivity contribution in [1.29, 1.82) is 0 Å². The summed E-state index contributed by atoms with van der Waals surface area (Å²) >= 11 is 4.13. The van der Waals surface area contributed by atoms with Gasteiger partial charge in [0.25, 0.3) is 0 Å². The van der Waals surface area contributed by atoms with Crippen molar-refractivity contribution in [2.24, 2.45) is 0 Å². The zero-order valence-electron chi connectivity index (χ0n) is 12.8. The largest absolute Gasteiger partial charge is 0.375 e. The summed E-state index contributed by atoms with van der Waals surface area (Å²) in [5.74, 6) is 2.55. The Morgan fingerprint density at radius 1 is 1.29 bits per heavy atom. The van der Waals surface area contributed by atoms with E-state index in [2.05, 4.69) is 53.1 Å². The molecule has 1 aromatic rings. The summed E-state index contributed by atoms with van der Waals surface area (Å²) in [7, 11) is 1.99. The van der Waals surface area contributed by atoms with Gasteiger partial charge in [-0.3, -0.25) is 0 Å². The molecular formula is C17H25NOS2. The van der Waals surface area contributed by atoms with E-state index < -0.39 is 0 Å². The predicted octanol–water partition coefficient (Wildman–Crippen LogP) is 3.94. The molecule has 1 aromatic carbocycles. The lowest BCUT2D eigenvalue weighted by Gasteiger charge is -2.43. The molecule has 3 rings (SSSR count). The van der Waals surface area contributed by atoms with Crippen LogP contribution >= 0.6 is 23.5 Å². The lowest BCUT2D eigenvalue weighted by molar-refractivity contribution is -0.0804. The smallest absolute Gasteiger partial charge is 0.0709 e. The number of benzene rings is 1. The molecule has 2 nitrogen and oxygen atoms in total. The Hall–Kier alpha value is -0.160. The van der Waals surface area contributed by atoms with Gasteiger partial charge in [-0.2, -0.15) is 11.8 Å². The van der Waals surface area contributed by atoms with Crippen molar-refractivity contribution in [3.63, 3.8) is 0 Å². The molecular weight excluding hydrogens is 298 g/mol. The Labute approximate surface area is 136 Å². The van der Waals surface area contributed by atoms with Gasteiger partial charge in [-0.05, 0) is 61.9 Å². The first kappa shape index (κ1) is 15.7. The summed E-state index contributed by atoms with van der Waals surface area (Å²) in [6.45, 7) is 1.89. The lowest BCUT2D eigenvalue weighted by Crippen LogP contribution is -2.43. The van der Waals surface area contributed by atoms with E-state index in [0.717, 1.165) is 18.4 Å². The highest BCUT2D eigenvalue weighted by Gasteiger charge is 2.38. The van der Waals surface area contributed by atoms with Crippen LogP contribution < -0.4 is 5.32 Å². The number of ether oxygens (including phenoxy) is 1. The maximum absolute atomic E-state index is 6.19. The van der Waals surface area contributed by atoms with Crippen LogP contribution in [-0.4, -0.2) is 36.0 Å². The molecule has 0 aliphatic carbocycles. The monoisotopic (exact) mass is 323 g/mol. The average Bonchev–Trinajstić information content (AvgIpc) is 2.50. The minimum atomic E-state index is 0.202. The highest BCUT2D eigenvalue weighted by molar-refractivity contribution is 8.00. The van der Waals surface area contributed by atoms with Crippen molar-refractivity contribution in [1.82, 2.24) is 5.32 Å². The summed E-state index contributed by atoms with van der Waals surface area (Å²) in [6.07, 6.45) is 4.92. The fourth-order valence-corrected chi connectivity index (χ4v) is 5.77. The molecule has 116 valence electrons. The van der Waals surface area contributed by atoms with Crippen LogP contribution in [0.25, 0.3) is 0 Å². The van der Waals surface area contributed by atoms with Gasteiger partial charge in [0.1, 0.15) is 0 Å². The van der Waals surface area contributed by atoms with Gasteiger partial charge in [0.15, 0.2) is 0 Å². The van der Waals surface area contributed by atoms with E-state index in [9.17, 15) is 0 Å². The minimum Gasteiger partial charge on any atom is -0.375 e. The zero-order chi connectivity index (χ0) is 14.5. The van der Waals surface area contributed by atoms with E-state index in [-0.39, 0.29) is 5.60 Å². The molecule has 1 atom stereocenters. The molecule has 2 aliphatic heterocycles. The maximum Gasteiger partial charge on any atom is 0.0709 e. The van der Waals surface area contributed by atoms with Gasteiger partial charge in [0.05, 0.1) is 5.60 Å². The Kier molecular flexibility index (Phi) is 5.54. The van der Waals surface area contributed by atoms with Crippen LogP contribution in [0.1, 0.15) is 31.2 Å². The van der Waals surface area contributed by atoms with Crippen molar-refractivity contribution >= 4 is 23.5 Å². The van der Waals surface area contributed by atoms with Gasteiger partial charge < -0.3 is 10.1 Å². The fraction of sp³-hybridized carbons (Fsp3) is 0.647. The van der Waals surface area contributed by atoms with Crippen LogP contribution in [0.15, 0.2) is 29.2 Å². The molecule has 1 unspecified atom stereocenters. The molecule has 2 saturated heterocycles. The van der Waals surface area contributed by atoms with Crippen LogP contribution in [0.4, 0.5) is 0 Å². The molecule has 0 saturated carbocycles. The van der Waals surface area contributed by atoms with Gasteiger partial charge in [-0.15, -0.1) is 11.8 Å². The number of hydrogen-bond donors (Lipinski definition) is 1. The summed E-state index contributed by atoms with van der Waals surface area (Å²) < 4.78 is 6.19. The molecule has 0 radical (unpaired) electrons. The van der Waals surface area contributed by atoms with Crippen molar-refractivity contribution in [2.45, 2.75) is 48.0 Å². The zero-order valence-corrected chi connectivity index (χ0v) is 14.4. The van der Waals surface area contributed by atoms with E-state index in [1.165, 1.54) is 47.6 Å². The van der Waals surface area contributed by atoms with E-state index in [4.69, 9.17) is 4.74 Å². The number of nitrogens with one attached hydrogen (secondary N) is 1. The van der Waals surface area contributed by atoms with Gasteiger partial charge in [0, 0.05) is 23.3 Å². The van der Waals surface area contributed by atoms with Crippen molar-refractivity contribution in [3.05, 3.63) is 29.8 Å². The molecule has 0 amide bonds. The summed E-state index contributed by atoms with van der Waals surface area (Å²) in [5.41, 5.74) is 1.56. The molecule has 0 bridgehead atoms. The molecule has 2 aliphatic rings. The van der Waals surface area contributed by atoms with Crippen molar-refractivity contribution in [3.8, 4) is 0 Å². The van der Waals surface area contributed by atoms with Crippen molar-refractivity contribution in [2.75, 3.05) is 25.2 Å². The summed E-state index contributed by atoms with van der Waals surface area (Å²) in [4.78, 5) is 1.40. The average molecular weight is 324 g/mol. The Morgan fingerprint density at radius 3 is 2.76 bits per heavy atom. The second kappa shape index (κ2) is 7.40. The molecule has 2 heterocycles. The first-order valence-electron chi connectivity index (χ1n) is 7.92. The standard InChI is InChI=1S/C17H25NOS2/c1-18-13-14-2-4-15(5-3-14)21-16-6-9-19-17(12-16)7-10-20-11-8-17/h2-5,16,18H,6-13H2,1H3. The normalized spacial score (nSPS) is 25.1. The topological polar surface area (TPSA) is 21.3 Å². The van der Waals surface area contributed by atoms with Gasteiger partial charge in [-0.25, -0.2) is 0 Å². The van der Waals surface area contributed by atoms with Gasteiger partial charge >= 0.3 is 0 Å². The second-order valence-corrected chi connectivity index (χ2v) is 8.65. The van der Waals surface area contributed by atoms with Gasteiger partial charge in [0.2, 0.25) is 0 Å². The van der Waals surface area contributed by atoms with Crippen LogP contribution in [0.3, 0.4) is 0 Å². The third-order valence-corrected chi connectivity index (χ3v) is 6.72. The quantitative estimate of drug-likeness (QED) is 0.905. The van der Waals surface area contributed by atoms with E-state index in [1.807, 2.05) is 7.05 Å². The maximum atomic E-state index is 6.19. The van der Waals surface area contributed by atoms with Crippen LogP contribution in [0.5, 0.6) is 0 Å². The molecule has 1 spiro atoms. The van der Waals surface area contributed by atoms with Crippen LogP contribution in [-0.2, 0) is 11.3 Å². The van der Waals surface area contributed by atoms with E-state index in [1.54, 1.807) is 0 Å². The third-order valence-electron chi connectivity index (χ3n) is 4.46. The highest BCUT2D eigenvalue weighted by Crippen LogP contribution is 2.42. The Morgan fingerprint density at radius 2 is 2.05 bits per heavy atom. The molecule has 4 heteroatoms. The third kappa shape index (κ3) is 4.19. The van der Waals surface area contributed by atoms with Crippen molar-refractivity contribution < 1.29 is 4.74 Å². The van der Waals surface area contributed by atoms with E-state index >= 15 is 0 Å². The second-order valence-electron chi connectivity index (χ2n) is 6.05. The predicted molar refractivity (Wildman–Crippen MR) is 93.3 cm³/mol.